The van der Waals surface area contributed by atoms with Gasteiger partial charge >= 0.3 is 5.97 Å². The lowest BCUT2D eigenvalue weighted by molar-refractivity contribution is -0.151. The molecule has 3 atom stereocenters. The smallest absolute Gasteiger partial charge is 0.306 e. The summed E-state index contributed by atoms with van der Waals surface area (Å²) in [7, 11) is 0. The summed E-state index contributed by atoms with van der Waals surface area (Å²) in [6.45, 7) is 6.45. The molecule has 63 heavy (non-hydrogen) atoms. The van der Waals surface area contributed by atoms with E-state index in [0.717, 1.165) is 70.6 Å². The van der Waals surface area contributed by atoms with E-state index in [0.29, 0.717) is 19.3 Å². The van der Waals surface area contributed by atoms with Gasteiger partial charge in [0.15, 0.2) is 0 Å². The monoisotopic (exact) mass is 884 g/mol. The summed E-state index contributed by atoms with van der Waals surface area (Å²) in [5.41, 5.74) is 0. The number of carbonyl (C=O) groups is 2. The first-order valence-electron chi connectivity index (χ1n) is 27.4. The molecular formula is C57H105NO5. The summed E-state index contributed by atoms with van der Waals surface area (Å²) in [5.74, 6) is -0.502. The maximum Gasteiger partial charge on any atom is 0.306 e. The molecule has 6 heteroatoms. The van der Waals surface area contributed by atoms with Crippen molar-refractivity contribution in [3.05, 3.63) is 48.6 Å². The zero-order valence-corrected chi connectivity index (χ0v) is 42.0. The summed E-state index contributed by atoms with van der Waals surface area (Å²) in [4.78, 5) is 26.2. The van der Waals surface area contributed by atoms with Crippen LogP contribution in [-0.4, -0.2) is 46.9 Å². The van der Waals surface area contributed by atoms with Gasteiger partial charge in [-0.1, -0.05) is 262 Å². The number of carbonyl (C=O) groups excluding carboxylic acids is 2. The van der Waals surface area contributed by atoms with Crippen molar-refractivity contribution in [1.29, 1.82) is 0 Å². The zero-order chi connectivity index (χ0) is 45.9. The van der Waals surface area contributed by atoms with Gasteiger partial charge in [0.2, 0.25) is 5.91 Å². The lowest BCUT2D eigenvalue weighted by Crippen LogP contribution is -2.46. The normalized spacial score (nSPS) is 13.5. The molecule has 0 rings (SSSR count). The maximum absolute atomic E-state index is 13.2. The second kappa shape index (κ2) is 50.8. The molecule has 6 nitrogen and oxygen atoms in total. The van der Waals surface area contributed by atoms with Crippen molar-refractivity contribution in [2.75, 3.05) is 6.61 Å². The number of hydrogen-bond donors (Lipinski definition) is 3. The topological polar surface area (TPSA) is 95.9 Å². The second-order valence-corrected chi connectivity index (χ2v) is 18.7. The highest BCUT2D eigenvalue weighted by Gasteiger charge is 2.24. The van der Waals surface area contributed by atoms with Crippen LogP contribution in [0.15, 0.2) is 48.6 Å². The zero-order valence-electron chi connectivity index (χ0n) is 42.0. The third-order valence-corrected chi connectivity index (χ3v) is 12.5. The molecule has 0 aliphatic heterocycles. The predicted molar refractivity (Wildman–Crippen MR) is 273 cm³/mol. The largest absolute Gasteiger partial charge is 0.462 e. The van der Waals surface area contributed by atoms with E-state index in [2.05, 4.69) is 74.7 Å². The van der Waals surface area contributed by atoms with Gasteiger partial charge in [0.05, 0.1) is 25.2 Å². The van der Waals surface area contributed by atoms with E-state index >= 15 is 0 Å². The third kappa shape index (κ3) is 46.2. The number of nitrogens with one attached hydrogen (secondary N) is 1. The van der Waals surface area contributed by atoms with Gasteiger partial charge in [0.1, 0.15) is 6.10 Å². The molecule has 0 aromatic carbocycles. The van der Waals surface area contributed by atoms with Gasteiger partial charge in [-0.3, -0.25) is 9.59 Å². The molecule has 0 aliphatic carbocycles. The Balaban J connectivity index is 4.63. The molecular weight excluding hydrogens is 779 g/mol. The first-order chi connectivity index (χ1) is 31.0. The molecule has 0 aliphatic rings. The van der Waals surface area contributed by atoms with Crippen LogP contribution in [0.3, 0.4) is 0 Å². The van der Waals surface area contributed by atoms with E-state index in [1.807, 2.05) is 0 Å². The van der Waals surface area contributed by atoms with Crippen LogP contribution in [-0.2, 0) is 14.3 Å². The Kier molecular flexibility index (Phi) is 49.1. The average Bonchev–Trinajstić information content (AvgIpc) is 3.28. The van der Waals surface area contributed by atoms with E-state index in [-0.39, 0.29) is 24.9 Å². The minimum Gasteiger partial charge on any atom is -0.462 e. The van der Waals surface area contributed by atoms with Crippen LogP contribution in [0.1, 0.15) is 278 Å². The van der Waals surface area contributed by atoms with E-state index in [1.54, 1.807) is 0 Å². The van der Waals surface area contributed by atoms with Crippen molar-refractivity contribution in [2.45, 2.75) is 296 Å². The summed E-state index contributed by atoms with van der Waals surface area (Å²) < 4.78 is 5.93. The maximum atomic E-state index is 13.2. The highest BCUT2D eigenvalue weighted by atomic mass is 16.5. The van der Waals surface area contributed by atoms with Gasteiger partial charge in [0.25, 0.3) is 0 Å². The first kappa shape index (κ1) is 60.8. The quantitative estimate of drug-likeness (QED) is 0.0321. The van der Waals surface area contributed by atoms with Crippen LogP contribution in [0.2, 0.25) is 0 Å². The number of ether oxygens (including phenoxy) is 1. The predicted octanol–water partition coefficient (Wildman–Crippen LogP) is 16.6. The lowest BCUT2D eigenvalue weighted by Gasteiger charge is -2.24. The van der Waals surface area contributed by atoms with Crippen molar-refractivity contribution < 1.29 is 24.5 Å². The van der Waals surface area contributed by atoms with Gasteiger partial charge in [-0.25, -0.2) is 0 Å². The Labute approximate surface area is 391 Å². The number of aliphatic hydroxyl groups excluding tert-OH is 2. The van der Waals surface area contributed by atoms with Crippen LogP contribution < -0.4 is 5.32 Å². The fourth-order valence-corrected chi connectivity index (χ4v) is 8.33. The van der Waals surface area contributed by atoms with Gasteiger partial charge < -0.3 is 20.3 Å². The Bertz CT molecular complexity index is 1080. The Morgan fingerprint density at radius 2 is 0.810 bits per heavy atom. The number of hydrogen-bond acceptors (Lipinski definition) is 5. The Hall–Kier alpha value is -2.18. The van der Waals surface area contributed by atoms with Gasteiger partial charge in [0, 0.05) is 6.42 Å². The summed E-state index contributed by atoms with van der Waals surface area (Å²) in [6.07, 6.45) is 61.7. The van der Waals surface area contributed by atoms with Crippen LogP contribution in [0, 0.1) is 0 Å². The third-order valence-electron chi connectivity index (χ3n) is 12.5. The van der Waals surface area contributed by atoms with Gasteiger partial charge in [-0.2, -0.15) is 0 Å². The number of allylic oxidation sites excluding steroid dienone is 8. The van der Waals surface area contributed by atoms with Crippen molar-refractivity contribution in [2.24, 2.45) is 0 Å². The SMILES string of the molecule is CCCCC/C=C/C=C/C=C/C=C/CCCCCC(CC(=O)NC(CO)C(O)CCCCCCCCCCCCCCCCC)OC(=O)CCCCCCCCCCCCCCC. The molecule has 0 saturated carbocycles. The highest BCUT2D eigenvalue weighted by molar-refractivity contribution is 5.77. The molecule has 0 spiro atoms. The van der Waals surface area contributed by atoms with Crippen molar-refractivity contribution in [1.82, 2.24) is 5.32 Å². The van der Waals surface area contributed by atoms with Crippen LogP contribution in [0.4, 0.5) is 0 Å². The number of rotatable bonds is 49. The van der Waals surface area contributed by atoms with Crippen LogP contribution in [0.25, 0.3) is 0 Å². The molecule has 368 valence electrons. The van der Waals surface area contributed by atoms with Crippen LogP contribution >= 0.6 is 0 Å². The molecule has 0 radical (unpaired) electrons. The number of esters is 1. The van der Waals surface area contributed by atoms with Crippen molar-refractivity contribution in [3.8, 4) is 0 Å². The molecule has 0 fully saturated rings. The number of unbranched alkanes of at least 4 members (excludes halogenated alkanes) is 32. The molecule has 3 N–H and O–H groups in total. The molecule has 3 unspecified atom stereocenters. The fraction of sp³-hybridized carbons (Fsp3) is 0.825. The van der Waals surface area contributed by atoms with E-state index in [1.165, 1.54) is 161 Å². The lowest BCUT2D eigenvalue weighted by atomic mass is 10.0. The van der Waals surface area contributed by atoms with E-state index < -0.39 is 18.2 Å². The molecule has 0 aromatic rings. The van der Waals surface area contributed by atoms with E-state index in [4.69, 9.17) is 4.74 Å². The standard InChI is InChI=1S/C57H105NO5/c1-4-7-10-13-16-19-22-25-27-29-31-33-36-39-42-45-48-53(63-57(62)50-47-44-41-38-35-30-24-21-18-15-12-9-6-3)51-56(61)58-54(52-59)55(60)49-46-43-40-37-34-32-28-26-23-20-17-14-11-8-5-2/h16,19,22,25,27,29,31,33,53-55,59-60H,4-15,17-18,20-21,23-24,26,28,30,32,34-52H2,1-3H3,(H,58,61)/b19-16+,25-22+,29-27+,33-31+. The average molecular weight is 884 g/mol. The molecule has 1 amide bonds. The first-order valence-corrected chi connectivity index (χ1v) is 27.4. The molecule has 0 heterocycles. The summed E-state index contributed by atoms with van der Waals surface area (Å²) in [6, 6.07) is -0.713. The molecule has 0 aromatic heterocycles. The summed E-state index contributed by atoms with van der Waals surface area (Å²) in [5, 5.41) is 23.8. The van der Waals surface area contributed by atoms with E-state index in [9.17, 15) is 19.8 Å². The minimum atomic E-state index is -0.798. The fourth-order valence-electron chi connectivity index (χ4n) is 8.33. The second-order valence-electron chi connectivity index (χ2n) is 18.7. The Morgan fingerprint density at radius 1 is 0.460 bits per heavy atom. The summed E-state index contributed by atoms with van der Waals surface area (Å²) >= 11 is 0. The van der Waals surface area contributed by atoms with Gasteiger partial charge in [-0.05, 0) is 51.4 Å². The number of amides is 1. The number of aliphatic hydroxyl groups is 2. The Morgan fingerprint density at radius 3 is 1.25 bits per heavy atom. The molecule has 0 saturated heterocycles. The van der Waals surface area contributed by atoms with Crippen molar-refractivity contribution >= 4 is 11.9 Å². The van der Waals surface area contributed by atoms with Gasteiger partial charge in [-0.15, -0.1) is 0 Å². The minimum absolute atomic E-state index is 0.0542. The van der Waals surface area contributed by atoms with Crippen LogP contribution in [0.5, 0.6) is 0 Å². The van der Waals surface area contributed by atoms with Crippen molar-refractivity contribution in [3.63, 3.8) is 0 Å². The highest BCUT2D eigenvalue weighted by Crippen LogP contribution is 2.18. The molecule has 0 bridgehead atoms.